The number of rotatable bonds is 4. The highest BCUT2D eigenvalue weighted by Gasteiger charge is 2.38. The first kappa shape index (κ1) is 12.4. The van der Waals surface area contributed by atoms with E-state index in [2.05, 4.69) is 35.1 Å². The van der Waals surface area contributed by atoms with Crippen molar-refractivity contribution in [3.8, 4) is 0 Å². The minimum atomic E-state index is -0.349. The number of benzene rings is 1. The van der Waals surface area contributed by atoms with Gasteiger partial charge in [-0.05, 0) is 44.7 Å². The molecular weight excluding hydrogens is 284 g/mol. The SMILES string of the molecule is CC(C)(Nc1cc(Br)ccc1[N+](=O)[O-])C1CC1. The lowest BCUT2D eigenvalue weighted by Gasteiger charge is -2.27. The second kappa shape index (κ2) is 4.29. The van der Waals surface area contributed by atoms with Gasteiger partial charge in [-0.3, -0.25) is 10.1 Å². The standard InChI is InChI=1S/C12H15BrN2O2/c1-12(2,8-3-4-8)14-10-7-9(13)5-6-11(10)15(16)17/h5-8,14H,3-4H2,1-2H3. The van der Waals surface area contributed by atoms with Crippen LogP contribution in [0.25, 0.3) is 0 Å². The zero-order valence-corrected chi connectivity index (χ0v) is 11.5. The zero-order valence-electron chi connectivity index (χ0n) is 9.87. The van der Waals surface area contributed by atoms with E-state index in [-0.39, 0.29) is 16.1 Å². The summed E-state index contributed by atoms with van der Waals surface area (Å²) in [6, 6.07) is 4.98. The van der Waals surface area contributed by atoms with Gasteiger partial charge in [-0.15, -0.1) is 0 Å². The Balaban J connectivity index is 2.30. The minimum Gasteiger partial charge on any atom is -0.374 e. The summed E-state index contributed by atoms with van der Waals surface area (Å²) in [4.78, 5) is 10.6. The highest BCUT2D eigenvalue weighted by Crippen LogP contribution is 2.42. The summed E-state index contributed by atoms with van der Waals surface area (Å²) in [5.41, 5.74) is 0.620. The molecule has 4 nitrogen and oxygen atoms in total. The Labute approximate surface area is 109 Å². The molecule has 92 valence electrons. The van der Waals surface area contributed by atoms with E-state index in [4.69, 9.17) is 0 Å². The molecule has 5 heteroatoms. The number of nitro benzene ring substituents is 1. The maximum Gasteiger partial charge on any atom is 0.292 e. The van der Waals surface area contributed by atoms with Crippen LogP contribution in [0.2, 0.25) is 0 Å². The van der Waals surface area contributed by atoms with Gasteiger partial charge in [0.25, 0.3) is 5.69 Å². The van der Waals surface area contributed by atoms with E-state index >= 15 is 0 Å². The molecule has 0 atom stereocenters. The van der Waals surface area contributed by atoms with E-state index in [1.807, 2.05) is 0 Å². The molecule has 0 unspecified atom stereocenters. The van der Waals surface area contributed by atoms with E-state index in [0.717, 1.165) is 4.47 Å². The number of nitrogens with one attached hydrogen (secondary N) is 1. The lowest BCUT2D eigenvalue weighted by molar-refractivity contribution is -0.384. The summed E-state index contributed by atoms with van der Waals surface area (Å²) < 4.78 is 0.845. The molecule has 0 radical (unpaired) electrons. The Hall–Kier alpha value is -1.10. The Morgan fingerprint density at radius 1 is 1.47 bits per heavy atom. The normalized spacial score (nSPS) is 15.7. The molecule has 1 aliphatic rings. The first-order chi connectivity index (χ1) is 7.90. The van der Waals surface area contributed by atoms with Crippen molar-refractivity contribution < 1.29 is 4.92 Å². The lowest BCUT2D eigenvalue weighted by Crippen LogP contribution is -2.33. The zero-order chi connectivity index (χ0) is 12.6. The third-order valence-corrected chi connectivity index (χ3v) is 3.70. The molecule has 0 aromatic heterocycles. The van der Waals surface area contributed by atoms with Crippen LogP contribution in [0.15, 0.2) is 22.7 Å². The van der Waals surface area contributed by atoms with Gasteiger partial charge in [0.05, 0.1) is 4.92 Å². The molecule has 1 N–H and O–H groups in total. The van der Waals surface area contributed by atoms with Crippen molar-refractivity contribution in [3.05, 3.63) is 32.8 Å². The molecule has 1 aromatic rings. The van der Waals surface area contributed by atoms with Gasteiger partial charge in [0, 0.05) is 16.1 Å². The first-order valence-corrected chi connectivity index (χ1v) is 6.41. The van der Waals surface area contributed by atoms with Gasteiger partial charge in [-0.25, -0.2) is 0 Å². The van der Waals surface area contributed by atoms with Gasteiger partial charge < -0.3 is 5.32 Å². The van der Waals surface area contributed by atoms with Crippen molar-refractivity contribution in [2.45, 2.75) is 32.2 Å². The maximum absolute atomic E-state index is 11.0. The fourth-order valence-corrected chi connectivity index (χ4v) is 2.38. The van der Waals surface area contributed by atoms with E-state index < -0.39 is 0 Å². The van der Waals surface area contributed by atoms with Crippen molar-refractivity contribution in [1.29, 1.82) is 0 Å². The monoisotopic (exact) mass is 298 g/mol. The van der Waals surface area contributed by atoms with Crippen LogP contribution in [0.1, 0.15) is 26.7 Å². The summed E-state index contributed by atoms with van der Waals surface area (Å²) in [5.74, 6) is 0.612. The summed E-state index contributed by atoms with van der Waals surface area (Å²) in [7, 11) is 0. The number of hydrogen-bond donors (Lipinski definition) is 1. The predicted molar refractivity (Wildman–Crippen MR) is 71.2 cm³/mol. The van der Waals surface area contributed by atoms with Crippen molar-refractivity contribution in [3.63, 3.8) is 0 Å². The second-order valence-electron chi connectivity index (χ2n) is 5.04. The maximum atomic E-state index is 11.0. The van der Waals surface area contributed by atoms with E-state index in [1.54, 1.807) is 12.1 Å². The van der Waals surface area contributed by atoms with Crippen LogP contribution in [0.4, 0.5) is 11.4 Å². The van der Waals surface area contributed by atoms with Gasteiger partial charge in [0.15, 0.2) is 0 Å². The Morgan fingerprint density at radius 2 is 2.12 bits per heavy atom. The molecule has 1 aromatic carbocycles. The number of hydrogen-bond acceptors (Lipinski definition) is 3. The molecule has 0 heterocycles. The van der Waals surface area contributed by atoms with Crippen molar-refractivity contribution in [2.24, 2.45) is 5.92 Å². The van der Waals surface area contributed by atoms with E-state index in [1.165, 1.54) is 18.9 Å². The molecule has 1 aliphatic carbocycles. The largest absolute Gasteiger partial charge is 0.374 e. The van der Waals surface area contributed by atoms with Crippen molar-refractivity contribution in [2.75, 3.05) is 5.32 Å². The second-order valence-corrected chi connectivity index (χ2v) is 5.96. The van der Waals surface area contributed by atoms with Crippen LogP contribution in [-0.4, -0.2) is 10.5 Å². The Bertz CT molecular complexity index is 456. The van der Waals surface area contributed by atoms with E-state index in [9.17, 15) is 10.1 Å². The topological polar surface area (TPSA) is 55.2 Å². The highest BCUT2D eigenvalue weighted by molar-refractivity contribution is 9.10. The summed E-state index contributed by atoms with van der Waals surface area (Å²) in [5, 5.41) is 14.3. The number of halogens is 1. The summed E-state index contributed by atoms with van der Waals surface area (Å²) in [6.07, 6.45) is 2.39. The summed E-state index contributed by atoms with van der Waals surface area (Å²) in [6.45, 7) is 4.19. The average molecular weight is 299 g/mol. The molecule has 0 spiro atoms. The average Bonchev–Trinajstić information content (AvgIpc) is 2.99. The molecule has 0 bridgehead atoms. The van der Waals surface area contributed by atoms with Gasteiger partial charge in [-0.1, -0.05) is 15.9 Å². The quantitative estimate of drug-likeness (QED) is 0.676. The number of nitro groups is 1. The molecule has 1 fully saturated rings. The molecular formula is C12H15BrN2O2. The third kappa shape index (κ3) is 2.77. The van der Waals surface area contributed by atoms with E-state index in [0.29, 0.717) is 11.6 Å². The van der Waals surface area contributed by atoms with Gasteiger partial charge in [0.2, 0.25) is 0 Å². The first-order valence-electron chi connectivity index (χ1n) is 5.62. The van der Waals surface area contributed by atoms with Crippen LogP contribution >= 0.6 is 15.9 Å². The minimum absolute atomic E-state index is 0.0917. The molecule has 2 rings (SSSR count). The molecule has 17 heavy (non-hydrogen) atoms. The predicted octanol–water partition coefficient (Wildman–Crippen LogP) is 3.96. The fraction of sp³-hybridized carbons (Fsp3) is 0.500. The molecule has 0 amide bonds. The molecule has 1 saturated carbocycles. The third-order valence-electron chi connectivity index (χ3n) is 3.21. The summed E-state index contributed by atoms with van der Waals surface area (Å²) >= 11 is 3.34. The Morgan fingerprint density at radius 3 is 2.65 bits per heavy atom. The fourth-order valence-electron chi connectivity index (χ4n) is 2.02. The highest BCUT2D eigenvalue weighted by atomic mass is 79.9. The smallest absolute Gasteiger partial charge is 0.292 e. The van der Waals surface area contributed by atoms with Gasteiger partial charge in [0.1, 0.15) is 5.69 Å². The van der Waals surface area contributed by atoms with Crippen molar-refractivity contribution in [1.82, 2.24) is 0 Å². The van der Waals surface area contributed by atoms with Crippen LogP contribution in [0.3, 0.4) is 0 Å². The van der Waals surface area contributed by atoms with Crippen LogP contribution < -0.4 is 5.32 Å². The molecule has 0 aliphatic heterocycles. The number of nitrogens with zero attached hydrogens (tertiary/aromatic N) is 1. The van der Waals surface area contributed by atoms with Gasteiger partial charge >= 0.3 is 0 Å². The Kier molecular flexibility index (Phi) is 3.12. The van der Waals surface area contributed by atoms with Gasteiger partial charge in [-0.2, -0.15) is 0 Å². The van der Waals surface area contributed by atoms with Crippen LogP contribution in [0.5, 0.6) is 0 Å². The van der Waals surface area contributed by atoms with Crippen LogP contribution in [-0.2, 0) is 0 Å². The molecule has 0 saturated heterocycles. The number of anilines is 1. The van der Waals surface area contributed by atoms with Crippen LogP contribution in [0, 0.1) is 16.0 Å². The van der Waals surface area contributed by atoms with Crippen molar-refractivity contribution >= 4 is 27.3 Å². The lowest BCUT2D eigenvalue weighted by atomic mass is 9.98.